The van der Waals surface area contributed by atoms with Crippen molar-refractivity contribution in [2.75, 3.05) is 19.7 Å². The SMILES string of the molecule is Cc1ccc(-c2nnn(CC(=O)N(CCCO)[C@@H](C(=O)NCCC(C)C)c3ccc(Cl)cc3)n2)cc1. The molecule has 0 fully saturated rings. The number of benzene rings is 2. The summed E-state index contributed by atoms with van der Waals surface area (Å²) in [6.07, 6.45) is 1.13. The Morgan fingerprint density at radius 2 is 1.81 bits per heavy atom. The number of aliphatic hydroxyl groups is 1. The molecule has 2 N–H and O–H groups in total. The van der Waals surface area contributed by atoms with Gasteiger partial charge in [-0.1, -0.05) is 67.4 Å². The average Bonchev–Trinajstić information content (AvgIpc) is 3.31. The van der Waals surface area contributed by atoms with E-state index >= 15 is 0 Å². The van der Waals surface area contributed by atoms with Gasteiger partial charge in [-0.05, 0) is 48.6 Å². The maximum Gasteiger partial charge on any atom is 0.247 e. The normalized spacial score (nSPS) is 11.9. The van der Waals surface area contributed by atoms with Crippen LogP contribution in [-0.4, -0.2) is 61.7 Å². The third-order valence-corrected chi connectivity index (χ3v) is 5.94. The van der Waals surface area contributed by atoms with Crippen molar-refractivity contribution < 1.29 is 14.7 Å². The number of aromatic nitrogens is 4. The molecule has 0 unspecified atom stereocenters. The minimum atomic E-state index is -0.895. The number of aryl methyl sites for hydroxylation is 1. The Labute approximate surface area is 216 Å². The summed E-state index contributed by atoms with van der Waals surface area (Å²) < 4.78 is 0. The first-order valence-corrected chi connectivity index (χ1v) is 12.4. The highest BCUT2D eigenvalue weighted by Gasteiger charge is 2.31. The molecule has 0 spiro atoms. The number of amides is 2. The highest BCUT2D eigenvalue weighted by atomic mass is 35.5. The molecule has 2 aromatic carbocycles. The third kappa shape index (κ3) is 7.60. The zero-order valence-electron chi connectivity index (χ0n) is 20.9. The van der Waals surface area contributed by atoms with Crippen molar-refractivity contribution in [3.8, 4) is 11.4 Å². The maximum absolute atomic E-state index is 13.5. The van der Waals surface area contributed by atoms with Gasteiger partial charge in [0.2, 0.25) is 17.6 Å². The fourth-order valence-electron chi connectivity index (χ4n) is 3.68. The molecule has 0 aliphatic heterocycles. The Kier molecular flexibility index (Phi) is 9.95. The molecule has 3 rings (SSSR count). The summed E-state index contributed by atoms with van der Waals surface area (Å²) in [5.41, 5.74) is 2.53. The van der Waals surface area contributed by atoms with E-state index in [4.69, 9.17) is 11.6 Å². The lowest BCUT2D eigenvalue weighted by molar-refractivity contribution is -0.142. The van der Waals surface area contributed by atoms with E-state index in [9.17, 15) is 14.7 Å². The molecule has 0 aliphatic rings. The number of carbonyl (C=O) groups excluding carboxylic acids is 2. The lowest BCUT2D eigenvalue weighted by Gasteiger charge is -2.31. The van der Waals surface area contributed by atoms with Crippen LogP contribution in [-0.2, 0) is 16.1 Å². The molecule has 3 aromatic rings. The van der Waals surface area contributed by atoms with Crippen molar-refractivity contribution in [1.29, 1.82) is 0 Å². The van der Waals surface area contributed by atoms with E-state index in [2.05, 4.69) is 34.6 Å². The molecule has 192 valence electrons. The lowest BCUT2D eigenvalue weighted by Crippen LogP contribution is -2.46. The summed E-state index contributed by atoms with van der Waals surface area (Å²) in [6.45, 7) is 6.50. The summed E-state index contributed by atoms with van der Waals surface area (Å²) in [6, 6.07) is 13.6. The predicted molar refractivity (Wildman–Crippen MR) is 138 cm³/mol. The molecular formula is C26H33ClN6O3. The number of nitrogens with one attached hydrogen (secondary N) is 1. The molecule has 1 heterocycles. The van der Waals surface area contributed by atoms with Crippen LogP contribution in [0.1, 0.15) is 43.9 Å². The van der Waals surface area contributed by atoms with Gasteiger partial charge in [-0.2, -0.15) is 4.80 Å². The molecule has 2 amide bonds. The molecule has 0 saturated heterocycles. The summed E-state index contributed by atoms with van der Waals surface area (Å²) in [4.78, 5) is 29.5. The summed E-state index contributed by atoms with van der Waals surface area (Å²) >= 11 is 6.07. The van der Waals surface area contributed by atoms with Gasteiger partial charge >= 0.3 is 0 Å². The van der Waals surface area contributed by atoms with Gasteiger partial charge in [-0.15, -0.1) is 10.2 Å². The van der Waals surface area contributed by atoms with Crippen LogP contribution < -0.4 is 5.32 Å². The number of hydrogen-bond acceptors (Lipinski definition) is 6. The summed E-state index contributed by atoms with van der Waals surface area (Å²) in [5, 5.41) is 25.4. The molecule has 36 heavy (non-hydrogen) atoms. The third-order valence-electron chi connectivity index (χ3n) is 5.68. The second-order valence-electron chi connectivity index (χ2n) is 9.10. The highest BCUT2D eigenvalue weighted by Crippen LogP contribution is 2.24. The zero-order valence-corrected chi connectivity index (χ0v) is 21.6. The molecule has 0 saturated carbocycles. The van der Waals surface area contributed by atoms with Crippen molar-refractivity contribution in [2.45, 2.75) is 46.2 Å². The summed E-state index contributed by atoms with van der Waals surface area (Å²) in [7, 11) is 0. The number of rotatable bonds is 12. The first-order valence-electron chi connectivity index (χ1n) is 12.1. The van der Waals surface area contributed by atoms with Crippen LogP contribution >= 0.6 is 11.6 Å². The Hall–Kier alpha value is -3.30. The van der Waals surface area contributed by atoms with E-state index < -0.39 is 6.04 Å². The van der Waals surface area contributed by atoms with Crippen molar-refractivity contribution in [3.63, 3.8) is 0 Å². The fourth-order valence-corrected chi connectivity index (χ4v) is 3.80. The Balaban J connectivity index is 1.85. The van der Waals surface area contributed by atoms with Gasteiger partial charge in [0.05, 0.1) is 0 Å². The number of halogens is 1. The predicted octanol–water partition coefficient (Wildman–Crippen LogP) is 3.42. The van der Waals surface area contributed by atoms with Gasteiger partial charge in [-0.3, -0.25) is 9.59 Å². The van der Waals surface area contributed by atoms with E-state index in [0.717, 1.165) is 17.5 Å². The second kappa shape index (κ2) is 13.1. The molecule has 0 bridgehead atoms. The van der Waals surface area contributed by atoms with Gasteiger partial charge in [-0.25, -0.2) is 0 Å². The lowest BCUT2D eigenvalue weighted by atomic mass is 10.0. The zero-order chi connectivity index (χ0) is 26.1. The molecule has 0 aliphatic carbocycles. The van der Waals surface area contributed by atoms with Gasteiger partial charge in [0.15, 0.2) is 0 Å². The van der Waals surface area contributed by atoms with Crippen LogP contribution in [0.2, 0.25) is 5.02 Å². The van der Waals surface area contributed by atoms with E-state index in [1.54, 1.807) is 24.3 Å². The summed E-state index contributed by atoms with van der Waals surface area (Å²) in [5.74, 6) is 0.171. The van der Waals surface area contributed by atoms with Crippen molar-refractivity contribution in [3.05, 3.63) is 64.7 Å². The first-order chi connectivity index (χ1) is 17.3. The molecule has 10 heteroatoms. The van der Waals surface area contributed by atoms with E-state index in [-0.39, 0.29) is 31.5 Å². The topological polar surface area (TPSA) is 113 Å². The first kappa shape index (κ1) is 27.3. The maximum atomic E-state index is 13.5. The van der Waals surface area contributed by atoms with E-state index in [0.29, 0.717) is 35.3 Å². The molecule has 1 aromatic heterocycles. The van der Waals surface area contributed by atoms with Gasteiger partial charge in [0, 0.05) is 30.3 Å². The van der Waals surface area contributed by atoms with Gasteiger partial charge < -0.3 is 15.3 Å². The quantitative estimate of drug-likeness (QED) is 0.384. The average molecular weight is 513 g/mol. The Morgan fingerprint density at radius 1 is 1.11 bits per heavy atom. The van der Waals surface area contributed by atoms with E-state index in [1.165, 1.54) is 9.70 Å². The van der Waals surface area contributed by atoms with Crippen molar-refractivity contribution >= 4 is 23.4 Å². The monoisotopic (exact) mass is 512 g/mol. The van der Waals surface area contributed by atoms with E-state index in [1.807, 2.05) is 31.2 Å². The number of carbonyl (C=O) groups is 2. The van der Waals surface area contributed by atoms with Crippen LogP contribution in [0.5, 0.6) is 0 Å². The standard InChI is InChI=1S/C26H33ClN6O3/c1-18(2)13-14-28-26(36)24(20-9-11-22(27)12-10-20)32(15-4-16-34)23(35)17-33-30-25(29-31-33)21-7-5-19(3)6-8-21/h5-12,18,24,34H,4,13-17H2,1-3H3,(H,28,36)/t24-/m1/s1. The van der Waals surface area contributed by atoms with Gasteiger partial charge in [0.1, 0.15) is 12.6 Å². The van der Waals surface area contributed by atoms with Gasteiger partial charge in [0.25, 0.3) is 0 Å². The number of nitrogens with zero attached hydrogens (tertiary/aromatic N) is 5. The number of tetrazole rings is 1. The number of aliphatic hydroxyl groups excluding tert-OH is 1. The largest absolute Gasteiger partial charge is 0.396 e. The van der Waals surface area contributed by atoms with Crippen LogP contribution in [0.4, 0.5) is 0 Å². The van der Waals surface area contributed by atoms with Crippen LogP contribution in [0.25, 0.3) is 11.4 Å². The highest BCUT2D eigenvalue weighted by molar-refractivity contribution is 6.30. The minimum Gasteiger partial charge on any atom is -0.396 e. The van der Waals surface area contributed by atoms with Crippen LogP contribution in [0.15, 0.2) is 48.5 Å². The minimum absolute atomic E-state index is 0.120. The van der Waals surface area contributed by atoms with Crippen LogP contribution in [0, 0.1) is 12.8 Å². The molecule has 1 atom stereocenters. The fraction of sp³-hybridized carbons (Fsp3) is 0.423. The van der Waals surface area contributed by atoms with Crippen molar-refractivity contribution in [1.82, 2.24) is 30.4 Å². The smallest absolute Gasteiger partial charge is 0.247 e. The second-order valence-corrected chi connectivity index (χ2v) is 9.54. The molecule has 0 radical (unpaired) electrons. The Morgan fingerprint density at radius 3 is 2.44 bits per heavy atom. The van der Waals surface area contributed by atoms with Crippen molar-refractivity contribution in [2.24, 2.45) is 5.92 Å². The number of hydrogen-bond donors (Lipinski definition) is 2. The molecule has 9 nitrogen and oxygen atoms in total. The molecular weight excluding hydrogens is 480 g/mol. The Bertz CT molecular complexity index is 1130. The van der Waals surface area contributed by atoms with Crippen LogP contribution in [0.3, 0.4) is 0 Å².